The van der Waals surface area contributed by atoms with Gasteiger partial charge in [-0.05, 0) is 24.3 Å². The summed E-state index contributed by atoms with van der Waals surface area (Å²) in [4.78, 5) is 10.4. The Bertz CT molecular complexity index is 772. The largest absolute Gasteiger partial charge is 0.497 e. The first kappa shape index (κ1) is 15.9. The lowest BCUT2D eigenvalue weighted by Gasteiger charge is -2.08. The van der Waals surface area contributed by atoms with E-state index in [0.29, 0.717) is 11.3 Å². The van der Waals surface area contributed by atoms with Gasteiger partial charge in [-0.1, -0.05) is 18.2 Å². The number of sulfonamides is 1. The summed E-state index contributed by atoms with van der Waals surface area (Å²) in [7, 11) is -2.27. The number of methoxy groups -OCH3 is 1. The second-order valence-electron chi connectivity index (χ2n) is 4.39. The standard InChI is InChI=1S/C14H14N2O5S/c1-21-12-6-8-13(9-7-12)22(19,20)15-10-11-4-2-3-5-14(11)16(17)18/h2-9,15H,10H2,1H3. The number of hydrogen-bond donors (Lipinski definition) is 1. The van der Waals surface area contributed by atoms with Crippen molar-refractivity contribution in [2.45, 2.75) is 11.4 Å². The van der Waals surface area contributed by atoms with Crippen molar-refractivity contribution < 1.29 is 18.1 Å². The van der Waals surface area contributed by atoms with Crippen molar-refractivity contribution in [2.24, 2.45) is 0 Å². The molecule has 116 valence electrons. The molecule has 0 saturated heterocycles. The van der Waals surface area contributed by atoms with Crippen LogP contribution in [-0.4, -0.2) is 20.5 Å². The third-order valence-electron chi connectivity index (χ3n) is 3.01. The molecule has 0 aromatic heterocycles. The number of hydrogen-bond acceptors (Lipinski definition) is 5. The van der Waals surface area contributed by atoms with Crippen LogP contribution in [0.3, 0.4) is 0 Å². The fourth-order valence-electron chi connectivity index (χ4n) is 1.85. The molecule has 0 amide bonds. The maximum Gasteiger partial charge on any atom is 0.273 e. The highest BCUT2D eigenvalue weighted by molar-refractivity contribution is 7.89. The van der Waals surface area contributed by atoms with Gasteiger partial charge in [-0.25, -0.2) is 13.1 Å². The minimum Gasteiger partial charge on any atom is -0.497 e. The number of rotatable bonds is 6. The van der Waals surface area contributed by atoms with Crippen molar-refractivity contribution in [3.63, 3.8) is 0 Å². The molecule has 0 aliphatic rings. The molecule has 0 heterocycles. The van der Waals surface area contributed by atoms with Crippen LogP contribution in [-0.2, 0) is 16.6 Å². The Kier molecular flexibility index (Phi) is 4.74. The van der Waals surface area contributed by atoms with Gasteiger partial charge in [0.25, 0.3) is 5.69 Å². The zero-order valence-corrected chi connectivity index (χ0v) is 12.5. The molecule has 0 saturated carbocycles. The van der Waals surface area contributed by atoms with Crippen LogP contribution in [0.4, 0.5) is 5.69 Å². The van der Waals surface area contributed by atoms with Gasteiger partial charge in [-0.3, -0.25) is 10.1 Å². The molecule has 2 aromatic carbocycles. The first-order chi connectivity index (χ1) is 10.4. The fourth-order valence-corrected chi connectivity index (χ4v) is 2.86. The summed E-state index contributed by atoms with van der Waals surface area (Å²) in [5, 5.41) is 10.9. The van der Waals surface area contributed by atoms with Gasteiger partial charge >= 0.3 is 0 Å². The quantitative estimate of drug-likeness (QED) is 0.648. The highest BCUT2D eigenvalue weighted by Crippen LogP contribution is 2.19. The first-order valence-electron chi connectivity index (χ1n) is 6.30. The van der Waals surface area contributed by atoms with Gasteiger partial charge in [0.2, 0.25) is 10.0 Å². The van der Waals surface area contributed by atoms with Gasteiger partial charge < -0.3 is 4.74 Å². The molecule has 0 aliphatic carbocycles. The molecule has 22 heavy (non-hydrogen) atoms. The average Bonchev–Trinajstić information content (AvgIpc) is 2.53. The summed E-state index contributed by atoms with van der Waals surface area (Å²) < 4.78 is 31.6. The van der Waals surface area contributed by atoms with Crippen molar-refractivity contribution >= 4 is 15.7 Å². The van der Waals surface area contributed by atoms with E-state index in [0.717, 1.165) is 0 Å². The normalized spacial score (nSPS) is 11.1. The summed E-state index contributed by atoms with van der Waals surface area (Å²) in [6.45, 7) is -0.161. The van der Waals surface area contributed by atoms with E-state index in [1.165, 1.54) is 49.6 Å². The van der Waals surface area contributed by atoms with Crippen LogP contribution in [0.1, 0.15) is 5.56 Å². The van der Waals surface area contributed by atoms with Gasteiger partial charge in [0.1, 0.15) is 5.75 Å². The molecular formula is C14H14N2O5S. The van der Waals surface area contributed by atoms with Gasteiger partial charge in [0, 0.05) is 18.2 Å². The Labute approximate surface area is 127 Å². The zero-order chi connectivity index (χ0) is 16.2. The molecule has 2 rings (SSSR count). The smallest absolute Gasteiger partial charge is 0.273 e. The van der Waals surface area contributed by atoms with Gasteiger partial charge in [0.05, 0.1) is 16.9 Å². The minimum atomic E-state index is -3.75. The maximum absolute atomic E-state index is 12.2. The Morgan fingerprint density at radius 1 is 1.14 bits per heavy atom. The van der Waals surface area contributed by atoms with E-state index in [1.807, 2.05) is 0 Å². The third-order valence-corrected chi connectivity index (χ3v) is 4.43. The molecule has 1 N–H and O–H groups in total. The van der Waals surface area contributed by atoms with E-state index in [2.05, 4.69) is 4.72 Å². The van der Waals surface area contributed by atoms with Crippen LogP contribution in [0, 0.1) is 10.1 Å². The average molecular weight is 322 g/mol. The summed E-state index contributed by atoms with van der Waals surface area (Å²) in [5.74, 6) is 0.539. The molecule has 2 aromatic rings. The van der Waals surface area contributed by atoms with Crippen LogP contribution < -0.4 is 9.46 Å². The number of benzene rings is 2. The fraction of sp³-hybridized carbons (Fsp3) is 0.143. The molecule has 0 atom stereocenters. The number of ether oxygens (including phenoxy) is 1. The number of nitrogens with one attached hydrogen (secondary N) is 1. The molecule has 0 fully saturated rings. The Morgan fingerprint density at radius 2 is 1.77 bits per heavy atom. The summed E-state index contributed by atoms with van der Waals surface area (Å²) in [6, 6.07) is 11.8. The third kappa shape index (κ3) is 3.60. The minimum absolute atomic E-state index is 0.0619. The molecule has 8 heteroatoms. The lowest BCUT2D eigenvalue weighted by molar-refractivity contribution is -0.385. The van der Waals surface area contributed by atoms with E-state index in [9.17, 15) is 18.5 Å². The Balaban J connectivity index is 2.18. The number of para-hydroxylation sites is 1. The molecule has 7 nitrogen and oxygen atoms in total. The molecule has 0 aliphatic heterocycles. The van der Waals surface area contributed by atoms with Crippen molar-refractivity contribution in [1.29, 1.82) is 0 Å². The van der Waals surface area contributed by atoms with Crippen molar-refractivity contribution in [1.82, 2.24) is 4.72 Å². The van der Waals surface area contributed by atoms with E-state index in [-0.39, 0.29) is 17.1 Å². The lowest BCUT2D eigenvalue weighted by Crippen LogP contribution is -2.23. The van der Waals surface area contributed by atoms with Gasteiger partial charge in [-0.15, -0.1) is 0 Å². The molecular weight excluding hydrogens is 308 g/mol. The summed E-state index contributed by atoms with van der Waals surface area (Å²) >= 11 is 0. The van der Waals surface area contributed by atoms with Crippen molar-refractivity contribution in [2.75, 3.05) is 7.11 Å². The van der Waals surface area contributed by atoms with Crippen molar-refractivity contribution in [3.05, 3.63) is 64.2 Å². The number of nitro groups is 1. The van der Waals surface area contributed by atoms with Crippen LogP contribution in [0.25, 0.3) is 0 Å². The zero-order valence-electron chi connectivity index (χ0n) is 11.7. The SMILES string of the molecule is COc1ccc(S(=O)(=O)NCc2ccccc2[N+](=O)[O-])cc1. The monoisotopic (exact) mass is 322 g/mol. The topological polar surface area (TPSA) is 98.5 Å². The molecule has 0 bridgehead atoms. The highest BCUT2D eigenvalue weighted by atomic mass is 32.2. The summed E-state index contributed by atoms with van der Waals surface area (Å²) in [6.07, 6.45) is 0. The van der Waals surface area contributed by atoms with E-state index < -0.39 is 14.9 Å². The number of nitro benzene ring substituents is 1. The molecule has 0 spiro atoms. The lowest BCUT2D eigenvalue weighted by atomic mass is 10.2. The van der Waals surface area contributed by atoms with E-state index in [4.69, 9.17) is 4.74 Å². The number of nitrogens with zero attached hydrogens (tertiary/aromatic N) is 1. The van der Waals surface area contributed by atoms with E-state index in [1.54, 1.807) is 6.07 Å². The van der Waals surface area contributed by atoms with Gasteiger partial charge in [-0.2, -0.15) is 0 Å². The van der Waals surface area contributed by atoms with E-state index >= 15 is 0 Å². The van der Waals surface area contributed by atoms with Crippen LogP contribution in [0.15, 0.2) is 53.4 Å². The van der Waals surface area contributed by atoms with Crippen LogP contribution >= 0.6 is 0 Å². The first-order valence-corrected chi connectivity index (χ1v) is 7.78. The second kappa shape index (κ2) is 6.54. The Hall–Kier alpha value is -2.45. The van der Waals surface area contributed by atoms with Crippen molar-refractivity contribution in [3.8, 4) is 5.75 Å². The van der Waals surface area contributed by atoms with Crippen LogP contribution in [0.5, 0.6) is 5.75 Å². The second-order valence-corrected chi connectivity index (χ2v) is 6.15. The van der Waals surface area contributed by atoms with Gasteiger partial charge in [0.15, 0.2) is 0 Å². The summed E-state index contributed by atoms with van der Waals surface area (Å²) in [5.41, 5.74) is 0.171. The molecule has 0 unspecified atom stereocenters. The highest BCUT2D eigenvalue weighted by Gasteiger charge is 2.17. The maximum atomic E-state index is 12.2. The molecule has 0 radical (unpaired) electrons. The predicted octanol–water partition coefficient (Wildman–Crippen LogP) is 2.08. The Morgan fingerprint density at radius 3 is 2.36 bits per heavy atom. The van der Waals surface area contributed by atoms with Crippen LogP contribution in [0.2, 0.25) is 0 Å². The predicted molar refractivity (Wildman–Crippen MR) is 80.1 cm³/mol.